The lowest BCUT2D eigenvalue weighted by atomic mass is 10.1. The highest BCUT2D eigenvalue weighted by Crippen LogP contribution is 2.54. The lowest BCUT2D eigenvalue weighted by Gasteiger charge is -2.28. The summed E-state index contributed by atoms with van der Waals surface area (Å²) in [5, 5.41) is 0. The minimum absolute atomic E-state index is 0.00752. The molecule has 7 heteroatoms. The van der Waals surface area contributed by atoms with E-state index in [0.29, 0.717) is 11.3 Å². The maximum absolute atomic E-state index is 12.3. The Labute approximate surface area is 113 Å². The van der Waals surface area contributed by atoms with Crippen LogP contribution in [0, 0.1) is 0 Å². The Kier molecular flexibility index (Phi) is 3.92. The number of rotatable bonds is 3. The lowest BCUT2D eigenvalue weighted by Crippen LogP contribution is -2.33. The van der Waals surface area contributed by atoms with Gasteiger partial charge >= 0.3 is 7.60 Å². The highest BCUT2D eigenvalue weighted by Gasteiger charge is 2.44. The smallest absolute Gasteiger partial charge is 0.344 e. The molecule has 1 unspecified atom stereocenters. The van der Waals surface area contributed by atoms with Crippen LogP contribution in [0.5, 0.6) is 5.75 Å². The molecular formula is C11H12BrO5P. The zero-order chi connectivity index (χ0) is 13.3. The van der Waals surface area contributed by atoms with Gasteiger partial charge in [0.25, 0.3) is 0 Å². The summed E-state index contributed by atoms with van der Waals surface area (Å²) in [4.78, 5) is 12.3. The van der Waals surface area contributed by atoms with E-state index in [4.69, 9.17) is 13.8 Å². The molecule has 0 bridgehead atoms. The van der Waals surface area contributed by atoms with E-state index in [1.807, 2.05) is 0 Å². The third kappa shape index (κ3) is 2.26. The molecule has 1 aliphatic rings. The highest BCUT2D eigenvalue weighted by molar-refractivity contribution is 9.10. The Morgan fingerprint density at radius 3 is 2.67 bits per heavy atom. The Balaban J connectivity index is 2.42. The topological polar surface area (TPSA) is 61.8 Å². The van der Waals surface area contributed by atoms with Crippen molar-refractivity contribution in [2.45, 2.75) is 5.66 Å². The second kappa shape index (κ2) is 5.13. The average molecular weight is 335 g/mol. The number of halogens is 1. The number of ether oxygens (including phenoxy) is 1. The van der Waals surface area contributed by atoms with E-state index >= 15 is 0 Å². The summed E-state index contributed by atoms with van der Waals surface area (Å²) in [7, 11) is -0.957. The van der Waals surface area contributed by atoms with Gasteiger partial charge in [0.05, 0.1) is 5.56 Å². The van der Waals surface area contributed by atoms with Gasteiger partial charge in [-0.15, -0.1) is 0 Å². The van der Waals surface area contributed by atoms with Gasteiger partial charge in [-0.05, 0) is 18.2 Å². The second-order valence-corrected chi connectivity index (χ2v) is 7.09. The molecule has 0 radical (unpaired) electrons. The van der Waals surface area contributed by atoms with Crippen LogP contribution in [-0.2, 0) is 13.6 Å². The predicted octanol–water partition coefficient (Wildman–Crippen LogP) is 2.88. The number of hydrogen-bond acceptors (Lipinski definition) is 5. The average Bonchev–Trinajstić information content (AvgIpc) is 2.39. The first kappa shape index (κ1) is 13.7. The molecule has 5 nitrogen and oxygen atoms in total. The molecule has 0 aromatic heterocycles. The minimum atomic E-state index is -3.47. The van der Waals surface area contributed by atoms with Gasteiger partial charge in [0, 0.05) is 18.7 Å². The number of Topliss-reactive ketones (excluding diaryl/α,β-unsaturated/α-hetero) is 1. The zero-order valence-electron chi connectivity index (χ0n) is 9.88. The molecule has 1 aromatic carbocycles. The van der Waals surface area contributed by atoms with Crippen LogP contribution >= 0.6 is 23.5 Å². The molecule has 1 aromatic rings. The van der Waals surface area contributed by atoms with Crippen molar-refractivity contribution in [1.82, 2.24) is 0 Å². The van der Waals surface area contributed by atoms with Crippen molar-refractivity contribution in [3.8, 4) is 5.75 Å². The molecule has 98 valence electrons. The van der Waals surface area contributed by atoms with Crippen molar-refractivity contribution in [2.24, 2.45) is 0 Å². The maximum atomic E-state index is 12.3. The SMILES string of the molecule is COP(=O)(OC)C1COc2ccc(Br)cc2C1=O. The third-order valence-corrected chi connectivity index (χ3v) is 5.46. The van der Waals surface area contributed by atoms with Gasteiger partial charge in [0.1, 0.15) is 12.4 Å². The van der Waals surface area contributed by atoms with Gasteiger partial charge in [-0.2, -0.15) is 0 Å². The Bertz CT molecular complexity index is 522. The van der Waals surface area contributed by atoms with Gasteiger partial charge in [0.2, 0.25) is 0 Å². The van der Waals surface area contributed by atoms with Crippen molar-refractivity contribution in [3.05, 3.63) is 28.2 Å². The van der Waals surface area contributed by atoms with Crippen molar-refractivity contribution in [3.63, 3.8) is 0 Å². The number of hydrogen-bond donors (Lipinski definition) is 0. The zero-order valence-corrected chi connectivity index (χ0v) is 12.4. The molecule has 0 amide bonds. The van der Waals surface area contributed by atoms with Crippen LogP contribution in [0.3, 0.4) is 0 Å². The molecule has 18 heavy (non-hydrogen) atoms. The summed E-state index contributed by atoms with van der Waals surface area (Å²) >= 11 is 3.28. The van der Waals surface area contributed by atoms with E-state index in [0.717, 1.165) is 4.47 Å². The molecule has 0 saturated carbocycles. The number of ketones is 1. The van der Waals surface area contributed by atoms with E-state index in [1.54, 1.807) is 18.2 Å². The number of fused-ring (bicyclic) bond motifs is 1. The molecular weight excluding hydrogens is 323 g/mol. The van der Waals surface area contributed by atoms with Crippen LogP contribution in [0.4, 0.5) is 0 Å². The Hall–Kier alpha value is -0.680. The molecule has 0 aliphatic carbocycles. The van der Waals surface area contributed by atoms with Gasteiger partial charge in [-0.1, -0.05) is 15.9 Å². The van der Waals surface area contributed by atoms with E-state index < -0.39 is 13.3 Å². The van der Waals surface area contributed by atoms with Crippen molar-refractivity contribution in [1.29, 1.82) is 0 Å². The standard InChI is InChI=1S/C11H12BrO5P/c1-15-18(14,16-2)10-6-17-9-4-3-7(12)5-8(9)11(10)13/h3-5,10H,6H2,1-2H3. The number of benzene rings is 1. The summed E-state index contributed by atoms with van der Waals surface area (Å²) in [6.07, 6.45) is 0. The Morgan fingerprint density at radius 2 is 2.06 bits per heavy atom. The van der Waals surface area contributed by atoms with Crippen LogP contribution in [0.15, 0.2) is 22.7 Å². The van der Waals surface area contributed by atoms with Crippen LogP contribution in [0.2, 0.25) is 0 Å². The molecule has 1 atom stereocenters. The van der Waals surface area contributed by atoms with Gasteiger partial charge in [0.15, 0.2) is 11.4 Å². The molecule has 2 rings (SSSR count). The lowest BCUT2D eigenvalue weighted by molar-refractivity contribution is 0.0917. The molecule has 0 N–H and O–H groups in total. The van der Waals surface area contributed by atoms with E-state index in [9.17, 15) is 9.36 Å². The van der Waals surface area contributed by atoms with Crippen molar-refractivity contribution >= 4 is 29.3 Å². The minimum Gasteiger partial charge on any atom is -0.491 e. The first-order chi connectivity index (χ1) is 8.51. The fourth-order valence-electron chi connectivity index (χ4n) is 1.81. The van der Waals surface area contributed by atoms with Crippen LogP contribution < -0.4 is 4.74 Å². The summed E-state index contributed by atoms with van der Waals surface area (Å²) in [5.41, 5.74) is -0.538. The van der Waals surface area contributed by atoms with Crippen molar-refractivity contribution < 1.29 is 23.1 Å². The number of carbonyl (C=O) groups excluding carboxylic acids is 1. The van der Waals surface area contributed by atoms with Gasteiger partial charge in [-0.3, -0.25) is 9.36 Å². The summed E-state index contributed by atoms with van der Waals surface area (Å²) in [5.74, 6) is 0.197. The Morgan fingerprint density at radius 1 is 1.39 bits per heavy atom. The quantitative estimate of drug-likeness (QED) is 0.795. The predicted molar refractivity (Wildman–Crippen MR) is 69.4 cm³/mol. The van der Waals surface area contributed by atoms with E-state index in [-0.39, 0.29) is 12.4 Å². The van der Waals surface area contributed by atoms with Crippen LogP contribution in [0.25, 0.3) is 0 Å². The summed E-state index contributed by atoms with van der Waals surface area (Å²) in [6, 6.07) is 5.11. The summed E-state index contributed by atoms with van der Waals surface area (Å²) in [6.45, 7) is -0.00752. The maximum Gasteiger partial charge on any atom is 0.344 e. The third-order valence-electron chi connectivity index (χ3n) is 2.80. The molecule has 1 heterocycles. The van der Waals surface area contributed by atoms with Crippen LogP contribution in [-0.4, -0.2) is 32.3 Å². The fourth-order valence-corrected chi connectivity index (χ4v) is 3.51. The van der Waals surface area contributed by atoms with Crippen molar-refractivity contribution in [2.75, 3.05) is 20.8 Å². The molecule has 0 saturated heterocycles. The molecule has 0 fully saturated rings. The monoisotopic (exact) mass is 334 g/mol. The van der Waals surface area contributed by atoms with E-state index in [2.05, 4.69) is 15.9 Å². The van der Waals surface area contributed by atoms with Gasteiger partial charge < -0.3 is 13.8 Å². The first-order valence-corrected chi connectivity index (χ1v) is 7.60. The second-order valence-electron chi connectivity index (χ2n) is 3.74. The fraction of sp³-hybridized carbons (Fsp3) is 0.364. The highest BCUT2D eigenvalue weighted by atomic mass is 79.9. The largest absolute Gasteiger partial charge is 0.491 e. The van der Waals surface area contributed by atoms with Gasteiger partial charge in [-0.25, -0.2) is 0 Å². The molecule has 1 aliphatic heterocycles. The number of carbonyl (C=O) groups is 1. The summed E-state index contributed by atoms with van der Waals surface area (Å²) < 4.78 is 28.2. The van der Waals surface area contributed by atoms with Crippen LogP contribution in [0.1, 0.15) is 10.4 Å². The first-order valence-electron chi connectivity index (χ1n) is 5.19. The van der Waals surface area contributed by atoms with E-state index in [1.165, 1.54) is 14.2 Å². The normalized spacial score (nSPS) is 19.3. The molecule has 0 spiro atoms.